The molecular weight excluding hydrogens is 412 g/mol. The third kappa shape index (κ3) is 4.48. The van der Waals surface area contributed by atoms with Gasteiger partial charge in [-0.05, 0) is 60.5 Å². The van der Waals surface area contributed by atoms with Crippen molar-refractivity contribution in [2.45, 2.75) is 32.4 Å². The van der Waals surface area contributed by atoms with Gasteiger partial charge in [0.25, 0.3) is 0 Å². The first-order chi connectivity index (χ1) is 16.0. The van der Waals surface area contributed by atoms with Crippen LogP contribution in [0.4, 0.5) is 4.79 Å². The number of hydrogen-bond acceptors (Lipinski definition) is 4. The van der Waals surface area contributed by atoms with Gasteiger partial charge in [-0.25, -0.2) is 4.79 Å². The molecule has 2 fully saturated rings. The van der Waals surface area contributed by atoms with Crippen LogP contribution in [0.15, 0.2) is 66.9 Å². The lowest BCUT2D eigenvalue weighted by Crippen LogP contribution is -2.36. The first-order valence-electron chi connectivity index (χ1n) is 11.7. The topological polar surface area (TPSA) is 58.4 Å². The Labute approximate surface area is 194 Å². The fourth-order valence-electron chi connectivity index (χ4n) is 5.44. The highest BCUT2D eigenvalue weighted by Crippen LogP contribution is 2.40. The van der Waals surface area contributed by atoms with Crippen molar-refractivity contribution in [1.29, 1.82) is 0 Å². The van der Waals surface area contributed by atoms with Gasteiger partial charge >= 0.3 is 6.03 Å². The van der Waals surface area contributed by atoms with Gasteiger partial charge in [0.2, 0.25) is 0 Å². The molecule has 0 radical (unpaired) electrons. The van der Waals surface area contributed by atoms with E-state index >= 15 is 0 Å². The number of aromatic nitrogens is 2. The van der Waals surface area contributed by atoms with Crippen LogP contribution in [0.1, 0.15) is 35.8 Å². The number of Topliss-reactive ketones (excluding diaryl/α,β-unsaturated/α-hetero) is 1. The second kappa shape index (κ2) is 8.94. The fraction of sp³-hybridized carbons (Fsp3) is 0.370. The monoisotopic (exact) mass is 442 g/mol. The zero-order valence-electron chi connectivity index (χ0n) is 19.2. The maximum Gasteiger partial charge on any atom is 0.344 e. The number of carbonyl (C=O) groups excluding carboxylic acids is 2. The summed E-state index contributed by atoms with van der Waals surface area (Å²) in [5.74, 6) is 0.930. The summed E-state index contributed by atoms with van der Waals surface area (Å²) in [5.41, 5.74) is 4.16. The Bertz CT molecular complexity index is 1140. The van der Waals surface area contributed by atoms with Gasteiger partial charge in [-0.3, -0.25) is 9.69 Å². The van der Waals surface area contributed by atoms with E-state index in [1.54, 1.807) is 12.3 Å². The maximum atomic E-state index is 12.8. The molecule has 2 aliphatic rings. The molecule has 1 aromatic heterocycles. The molecule has 3 aromatic rings. The minimum absolute atomic E-state index is 0.125. The van der Waals surface area contributed by atoms with Crippen molar-refractivity contribution in [3.05, 3.63) is 78.1 Å². The SMILES string of the molecule is CC(=O)c1ccn(C(=O)N2C[C@H]3CC(N(C)Cc4cccc(-c5ccccc5)c4)C[C@H]3C2)n1. The van der Waals surface area contributed by atoms with Crippen LogP contribution in [0.25, 0.3) is 11.1 Å². The second-order valence-corrected chi connectivity index (χ2v) is 9.52. The van der Waals surface area contributed by atoms with Gasteiger partial charge in [-0.2, -0.15) is 9.78 Å². The molecule has 1 aliphatic heterocycles. The van der Waals surface area contributed by atoms with Crippen LogP contribution in [-0.4, -0.2) is 57.6 Å². The van der Waals surface area contributed by atoms with Gasteiger partial charge in [0, 0.05) is 38.8 Å². The molecule has 1 saturated heterocycles. The summed E-state index contributed by atoms with van der Waals surface area (Å²) in [6.07, 6.45) is 3.82. The van der Waals surface area contributed by atoms with Gasteiger partial charge in [0.05, 0.1) is 0 Å². The molecular formula is C27H30N4O2. The summed E-state index contributed by atoms with van der Waals surface area (Å²) in [6, 6.07) is 21.3. The average molecular weight is 443 g/mol. The van der Waals surface area contributed by atoms with Gasteiger partial charge in [-0.1, -0.05) is 48.5 Å². The van der Waals surface area contributed by atoms with Crippen molar-refractivity contribution in [3.63, 3.8) is 0 Å². The number of fused-ring (bicyclic) bond motifs is 1. The molecule has 2 aromatic carbocycles. The van der Waals surface area contributed by atoms with Gasteiger partial charge in [-0.15, -0.1) is 0 Å². The third-order valence-electron chi connectivity index (χ3n) is 7.23. The molecule has 0 spiro atoms. The Balaban J connectivity index is 1.18. The van der Waals surface area contributed by atoms with E-state index in [9.17, 15) is 9.59 Å². The lowest BCUT2D eigenvalue weighted by atomic mass is 10.0. The van der Waals surface area contributed by atoms with E-state index in [4.69, 9.17) is 0 Å². The largest absolute Gasteiger partial charge is 0.344 e. The summed E-state index contributed by atoms with van der Waals surface area (Å²) in [4.78, 5) is 28.7. The van der Waals surface area contributed by atoms with E-state index in [1.165, 1.54) is 28.3 Å². The van der Waals surface area contributed by atoms with Crippen molar-refractivity contribution in [1.82, 2.24) is 19.6 Å². The van der Waals surface area contributed by atoms with E-state index in [-0.39, 0.29) is 11.8 Å². The molecule has 33 heavy (non-hydrogen) atoms. The van der Waals surface area contributed by atoms with Crippen LogP contribution >= 0.6 is 0 Å². The Hall–Kier alpha value is -3.25. The van der Waals surface area contributed by atoms with Crippen molar-refractivity contribution in [2.75, 3.05) is 20.1 Å². The van der Waals surface area contributed by atoms with Crippen molar-refractivity contribution in [2.24, 2.45) is 11.8 Å². The molecule has 6 heteroatoms. The van der Waals surface area contributed by atoms with Crippen molar-refractivity contribution in [3.8, 4) is 11.1 Å². The number of carbonyl (C=O) groups is 2. The zero-order chi connectivity index (χ0) is 22.9. The van der Waals surface area contributed by atoms with E-state index in [1.807, 2.05) is 11.0 Å². The summed E-state index contributed by atoms with van der Waals surface area (Å²) >= 11 is 0. The van der Waals surface area contributed by atoms with Crippen molar-refractivity contribution >= 4 is 11.8 Å². The number of likely N-dealkylation sites (tertiary alicyclic amines) is 1. The van der Waals surface area contributed by atoms with Gasteiger partial charge in [0.1, 0.15) is 5.69 Å². The van der Waals surface area contributed by atoms with Crippen molar-refractivity contribution < 1.29 is 9.59 Å². The Kier molecular flexibility index (Phi) is 5.85. The Morgan fingerprint density at radius 1 is 0.970 bits per heavy atom. The van der Waals surface area contributed by atoms with E-state index < -0.39 is 0 Å². The molecule has 6 nitrogen and oxygen atoms in total. The highest BCUT2D eigenvalue weighted by molar-refractivity contribution is 5.92. The molecule has 2 heterocycles. The Morgan fingerprint density at radius 3 is 2.33 bits per heavy atom. The average Bonchev–Trinajstić information content (AvgIpc) is 3.54. The van der Waals surface area contributed by atoms with Crippen LogP contribution in [0.2, 0.25) is 0 Å². The highest BCUT2D eigenvalue weighted by atomic mass is 16.2. The van der Waals surface area contributed by atoms with Crippen LogP contribution in [0, 0.1) is 11.8 Å². The van der Waals surface area contributed by atoms with Crippen LogP contribution in [-0.2, 0) is 6.54 Å². The van der Waals surface area contributed by atoms with E-state index in [2.05, 4.69) is 65.6 Å². The first-order valence-corrected chi connectivity index (χ1v) is 11.7. The molecule has 0 bridgehead atoms. The smallest absolute Gasteiger partial charge is 0.322 e. The number of hydrogen-bond donors (Lipinski definition) is 0. The Morgan fingerprint density at radius 2 is 1.67 bits per heavy atom. The molecule has 0 N–H and O–H groups in total. The molecule has 1 amide bonds. The highest BCUT2D eigenvalue weighted by Gasteiger charge is 2.43. The third-order valence-corrected chi connectivity index (χ3v) is 7.23. The normalized spacial score (nSPS) is 22.0. The summed E-state index contributed by atoms with van der Waals surface area (Å²) < 4.78 is 1.31. The lowest BCUT2D eigenvalue weighted by molar-refractivity contribution is 0.101. The first kappa shape index (κ1) is 21.6. The molecule has 3 atom stereocenters. The maximum absolute atomic E-state index is 12.8. The number of amides is 1. The van der Waals surface area contributed by atoms with Gasteiger partial charge in [0.15, 0.2) is 5.78 Å². The standard InChI is InChI=1S/C27H30N4O2/c1-19(32)26-11-12-31(28-26)27(33)30-17-23-14-25(15-24(23)18-30)29(2)16-20-7-6-10-22(13-20)21-8-4-3-5-9-21/h3-13,23-25H,14-18H2,1-2H3/t23-,24+,25?. The minimum Gasteiger partial charge on any atom is -0.322 e. The second-order valence-electron chi connectivity index (χ2n) is 9.52. The van der Waals surface area contributed by atoms with Gasteiger partial charge < -0.3 is 4.90 Å². The quantitative estimate of drug-likeness (QED) is 0.544. The summed E-state index contributed by atoms with van der Waals surface area (Å²) in [5, 5.41) is 4.13. The van der Waals surface area contributed by atoms with Crippen LogP contribution in [0.5, 0.6) is 0 Å². The molecule has 5 rings (SSSR count). The predicted molar refractivity (Wildman–Crippen MR) is 128 cm³/mol. The molecule has 1 aliphatic carbocycles. The number of benzene rings is 2. The molecule has 1 unspecified atom stereocenters. The summed E-state index contributed by atoms with van der Waals surface area (Å²) in [6.45, 7) is 3.93. The van der Waals surface area contributed by atoms with Crippen LogP contribution in [0.3, 0.4) is 0 Å². The van der Waals surface area contributed by atoms with Crippen LogP contribution < -0.4 is 0 Å². The number of rotatable bonds is 5. The zero-order valence-corrected chi connectivity index (χ0v) is 19.2. The predicted octanol–water partition coefficient (Wildman–Crippen LogP) is 4.56. The number of ketones is 1. The minimum atomic E-state index is -0.125. The van der Waals surface area contributed by atoms with E-state index in [0.717, 1.165) is 32.5 Å². The molecule has 170 valence electrons. The lowest BCUT2D eigenvalue weighted by Gasteiger charge is -2.26. The number of nitrogens with zero attached hydrogens (tertiary/aromatic N) is 4. The van der Waals surface area contributed by atoms with E-state index in [0.29, 0.717) is 23.6 Å². The fourth-order valence-corrected chi connectivity index (χ4v) is 5.44. The summed E-state index contributed by atoms with van der Waals surface area (Å²) in [7, 11) is 2.22. The molecule has 1 saturated carbocycles.